The van der Waals surface area contributed by atoms with Crippen LogP contribution in [0.5, 0.6) is 0 Å². The summed E-state index contributed by atoms with van der Waals surface area (Å²) in [5.41, 5.74) is 0.517. The lowest BCUT2D eigenvalue weighted by molar-refractivity contribution is 0.174. The number of hydrogen-bond acceptors (Lipinski definition) is 3. The van der Waals surface area contributed by atoms with Crippen LogP contribution in [0.3, 0.4) is 0 Å². The quantitative estimate of drug-likeness (QED) is 0.827. The Bertz CT molecular complexity index is 456. The van der Waals surface area contributed by atoms with E-state index in [1.54, 1.807) is 24.3 Å². The fourth-order valence-corrected chi connectivity index (χ4v) is 2.28. The number of nitrogens with zero attached hydrogens (tertiary/aromatic N) is 1. The van der Waals surface area contributed by atoms with E-state index < -0.39 is 12.8 Å². The molecule has 0 aromatic heterocycles. The topological polar surface area (TPSA) is 73.5 Å². The second-order valence-corrected chi connectivity index (χ2v) is 5.99. The Morgan fingerprint density at radius 2 is 2.12 bits per heavy atom. The lowest BCUT2D eigenvalue weighted by Gasteiger charge is -2.18. The second kappa shape index (κ2) is 5.74. The van der Waals surface area contributed by atoms with Crippen LogP contribution >= 0.6 is 18.3 Å². The average molecular weight is 278 g/mol. The molecule has 1 unspecified atom stereocenters. The predicted molar refractivity (Wildman–Crippen MR) is 64.2 cm³/mol. The third-order valence-electron chi connectivity index (χ3n) is 1.79. The van der Waals surface area contributed by atoms with E-state index in [1.165, 1.54) is 0 Å². The van der Waals surface area contributed by atoms with Gasteiger partial charge in [-0.2, -0.15) is 5.26 Å². The molecule has 0 saturated heterocycles. The van der Waals surface area contributed by atoms with Gasteiger partial charge in [0, 0.05) is 10.6 Å². The van der Waals surface area contributed by atoms with Crippen molar-refractivity contribution in [2.45, 2.75) is 12.5 Å². The van der Waals surface area contributed by atoms with Gasteiger partial charge >= 0.3 is 6.72 Å². The van der Waals surface area contributed by atoms with E-state index >= 15 is 0 Å². The van der Waals surface area contributed by atoms with Crippen molar-refractivity contribution in [2.24, 2.45) is 0 Å². The van der Waals surface area contributed by atoms with Gasteiger partial charge in [-0.05, 0) is 17.9 Å². The minimum Gasteiger partial charge on any atom is -0.325 e. The lowest BCUT2D eigenvalue weighted by Crippen LogP contribution is -2.02. The Kier molecular flexibility index (Phi) is 4.88. The molecular weight excluding hydrogens is 269 g/mol. The Labute approximate surface area is 103 Å². The summed E-state index contributed by atoms with van der Waals surface area (Å²) in [5.74, 6) is 0. The summed E-state index contributed by atoms with van der Waals surface area (Å²) in [6.07, 6.45) is -0.872. The van der Waals surface area contributed by atoms with Crippen molar-refractivity contribution in [2.75, 3.05) is 0 Å². The number of halogens is 1. The zero-order valence-corrected chi connectivity index (χ0v) is 10.5. The SMILES string of the molecule is N#CCC(OP(O)(O)=S)c1ccccc1Cl. The molecule has 2 N–H and O–H groups in total. The maximum absolute atomic E-state index is 9.07. The zero-order chi connectivity index (χ0) is 12.2. The fourth-order valence-electron chi connectivity index (χ4n) is 1.19. The van der Waals surface area contributed by atoms with Crippen molar-refractivity contribution in [3.8, 4) is 6.07 Å². The summed E-state index contributed by atoms with van der Waals surface area (Å²) in [6.45, 7) is -3.81. The smallest absolute Gasteiger partial charge is 0.322 e. The molecule has 1 atom stereocenters. The standard InChI is InChI=1S/C9H9ClNO3PS/c10-8-4-2-1-3-7(8)9(5-6-11)14-15(12,13)16/h1-4,9H,5H2,(H2,12,13,16). The van der Waals surface area contributed by atoms with Crippen molar-refractivity contribution in [3.63, 3.8) is 0 Å². The van der Waals surface area contributed by atoms with Crippen molar-refractivity contribution in [1.82, 2.24) is 0 Å². The molecule has 86 valence electrons. The maximum Gasteiger partial charge on any atom is 0.322 e. The highest BCUT2D eigenvalue weighted by Crippen LogP contribution is 2.44. The van der Waals surface area contributed by atoms with Gasteiger partial charge in [0.15, 0.2) is 0 Å². The van der Waals surface area contributed by atoms with Gasteiger partial charge in [0.25, 0.3) is 0 Å². The molecule has 1 rings (SSSR count). The lowest BCUT2D eigenvalue weighted by atomic mass is 10.1. The van der Waals surface area contributed by atoms with E-state index in [1.807, 2.05) is 6.07 Å². The third-order valence-corrected chi connectivity index (χ3v) is 2.92. The van der Waals surface area contributed by atoms with Crippen molar-refractivity contribution in [3.05, 3.63) is 34.9 Å². The van der Waals surface area contributed by atoms with Gasteiger partial charge in [-0.25, -0.2) is 0 Å². The Morgan fingerprint density at radius 1 is 1.50 bits per heavy atom. The largest absolute Gasteiger partial charge is 0.325 e. The fraction of sp³-hybridized carbons (Fsp3) is 0.222. The molecule has 1 aromatic rings. The van der Waals surface area contributed by atoms with Gasteiger partial charge < -0.3 is 9.79 Å². The van der Waals surface area contributed by atoms with E-state index in [2.05, 4.69) is 11.8 Å². The summed E-state index contributed by atoms with van der Waals surface area (Å²) >= 11 is 10.3. The molecule has 0 spiro atoms. The molecule has 0 aliphatic rings. The molecule has 0 fully saturated rings. The van der Waals surface area contributed by atoms with Crippen LogP contribution in [-0.4, -0.2) is 9.79 Å². The summed E-state index contributed by atoms with van der Waals surface area (Å²) in [4.78, 5) is 18.1. The van der Waals surface area contributed by atoms with Crippen LogP contribution in [0.15, 0.2) is 24.3 Å². The third kappa shape index (κ3) is 4.18. The Balaban J connectivity index is 3.00. The van der Waals surface area contributed by atoms with Crippen molar-refractivity contribution >= 4 is 30.1 Å². The maximum atomic E-state index is 9.07. The molecule has 1 aromatic carbocycles. The van der Waals surface area contributed by atoms with E-state index in [0.29, 0.717) is 10.6 Å². The Hall–Kier alpha value is -0.470. The second-order valence-electron chi connectivity index (χ2n) is 2.97. The molecule has 0 amide bonds. The first-order valence-corrected chi connectivity index (χ1v) is 7.29. The normalized spacial score (nSPS) is 13.1. The molecule has 0 aliphatic carbocycles. The van der Waals surface area contributed by atoms with Gasteiger partial charge in [0.1, 0.15) is 6.10 Å². The molecule has 4 nitrogen and oxygen atoms in total. The zero-order valence-electron chi connectivity index (χ0n) is 8.08. The van der Waals surface area contributed by atoms with Crippen LogP contribution < -0.4 is 0 Å². The molecule has 0 heterocycles. The first-order chi connectivity index (χ1) is 7.44. The minimum atomic E-state index is -3.81. The van der Waals surface area contributed by atoms with Gasteiger partial charge in [-0.3, -0.25) is 4.52 Å². The highest BCUT2D eigenvalue weighted by molar-refractivity contribution is 8.06. The molecular formula is C9H9ClNO3PS. The van der Waals surface area contributed by atoms with E-state index in [4.69, 9.17) is 31.2 Å². The van der Waals surface area contributed by atoms with Crippen LogP contribution in [-0.2, 0) is 16.3 Å². The number of hydrogen-bond donors (Lipinski definition) is 2. The van der Waals surface area contributed by atoms with Gasteiger partial charge in [-0.1, -0.05) is 29.8 Å². The van der Waals surface area contributed by atoms with Gasteiger partial charge in [-0.15, -0.1) is 0 Å². The number of benzene rings is 1. The van der Waals surface area contributed by atoms with Crippen LogP contribution in [0.25, 0.3) is 0 Å². The van der Waals surface area contributed by atoms with Crippen LogP contribution in [0.4, 0.5) is 0 Å². The van der Waals surface area contributed by atoms with Gasteiger partial charge in [0.05, 0.1) is 12.5 Å². The average Bonchev–Trinajstić information content (AvgIpc) is 2.16. The summed E-state index contributed by atoms with van der Waals surface area (Å²) < 4.78 is 4.88. The number of nitriles is 1. The number of rotatable bonds is 4. The van der Waals surface area contributed by atoms with Crippen molar-refractivity contribution in [1.29, 1.82) is 5.26 Å². The van der Waals surface area contributed by atoms with Crippen LogP contribution in [0.1, 0.15) is 18.1 Å². The Morgan fingerprint density at radius 3 is 2.62 bits per heavy atom. The molecule has 7 heteroatoms. The molecule has 0 saturated carbocycles. The summed E-state index contributed by atoms with van der Waals surface area (Å²) in [6, 6.07) is 8.60. The van der Waals surface area contributed by atoms with E-state index in [9.17, 15) is 0 Å². The first kappa shape index (κ1) is 13.6. The van der Waals surface area contributed by atoms with Crippen molar-refractivity contribution < 1.29 is 14.3 Å². The minimum absolute atomic E-state index is 0.0523. The highest BCUT2D eigenvalue weighted by atomic mass is 35.5. The van der Waals surface area contributed by atoms with Gasteiger partial charge in [0.2, 0.25) is 0 Å². The van der Waals surface area contributed by atoms with Crippen LogP contribution in [0, 0.1) is 11.3 Å². The molecule has 16 heavy (non-hydrogen) atoms. The first-order valence-electron chi connectivity index (χ1n) is 4.29. The highest BCUT2D eigenvalue weighted by Gasteiger charge is 2.21. The van der Waals surface area contributed by atoms with E-state index in [0.717, 1.165) is 0 Å². The molecule has 0 radical (unpaired) electrons. The molecule has 0 aliphatic heterocycles. The van der Waals surface area contributed by atoms with Crippen LogP contribution in [0.2, 0.25) is 5.02 Å². The van der Waals surface area contributed by atoms with E-state index in [-0.39, 0.29) is 6.42 Å². The molecule has 0 bridgehead atoms. The summed E-state index contributed by atoms with van der Waals surface area (Å²) in [5, 5.41) is 9.02. The monoisotopic (exact) mass is 277 g/mol. The predicted octanol–water partition coefficient (Wildman–Crippen LogP) is 2.52. The summed E-state index contributed by atoms with van der Waals surface area (Å²) in [7, 11) is 0.